The molecule has 1 amide bonds. The van der Waals surface area contributed by atoms with Crippen molar-refractivity contribution in [2.45, 2.75) is 38.1 Å². The highest BCUT2D eigenvalue weighted by atomic mass is 35.5. The molecule has 1 aromatic carbocycles. The number of amides is 1. The minimum atomic E-state index is -0.149. The van der Waals surface area contributed by atoms with Gasteiger partial charge in [-0.1, -0.05) is 18.0 Å². The van der Waals surface area contributed by atoms with Crippen LogP contribution in [0, 0.1) is 0 Å². The summed E-state index contributed by atoms with van der Waals surface area (Å²) < 4.78 is 10.9. The van der Waals surface area contributed by atoms with E-state index in [0.717, 1.165) is 49.4 Å². The molecule has 34 heavy (non-hydrogen) atoms. The lowest BCUT2D eigenvalue weighted by molar-refractivity contribution is 0.0756. The Labute approximate surface area is 205 Å². The summed E-state index contributed by atoms with van der Waals surface area (Å²) in [4.78, 5) is 29.9. The second-order valence-corrected chi connectivity index (χ2v) is 9.61. The van der Waals surface area contributed by atoms with Gasteiger partial charge in [-0.15, -0.1) is 0 Å². The number of carbonyl (C=O) groups excluding carboxylic acids is 1. The van der Waals surface area contributed by atoms with E-state index >= 15 is 0 Å². The third kappa shape index (κ3) is 4.41. The highest BCUT2D eigenvalue weighted by Crippen LogP contribution is 2.36. The Morgan fingerprint density at radius 2 is 1.79 bits per heavy atom. The summed E-state index contributed by atoms with van der Waals surface area (Å²) in [5.74, 6) is 1.46. The molecular formula is C25H32ClN5O3. The molecule has 2 fully saturated rings. The number of hydrogen-bond donors (Lipinski definition) is 0. The van der Waals surface area contributed by atoms with E-state index < -0.39 is 0 Å². The van der Waals surface area contributed by atoms with E-state index in [2.05, 4.69) is 9.80 Å². The molecule has 9 heteroatoms. The number of ether oxygens (including phenoxy) is 2. The van der Waals surface area contributed by atoms with E-state index in [4.69, 9.17) is 31.0 Å². The molecule has 8 nitrogen and oxygen atoms in total. The van der Waals surface area contributed by atoms with Crippen molar-refractivity contribution < 1.29 is 14.3 Å². The fraction of sp³-hybridized carbons (Fsp3) is 0.560. The number of fused-ring (bicyclic) bond motifs is 1. The number of aromatic nitrogens is 2. The Balaban J connectivity index is 1.29. The molecule has 1 saturated carbocycles. The zero-order chi connectivity index (χ0) is 23.7. The van der Waals surface area contributed by atoms with Crippen molar-refractivity contribution in [1.82, 2.24) is 19.8 Å². The molecule has 3 aliphatic rings. The molecule has 0 bridgehead atoms. The molecule has 1 aromatic heterocycles. The maximum absolute atomic E-state index is 13.5. The van der Waals surface area contributed by atoms with Crippen LogP contribution in [0.15, 0.2) is 18.3 Å². The first-order chi connectivity index (χ1) is 16.6. The summed E-state index contributed by atoms with van der Waals surface area (Å²) in [5.41, 5.74) is 2.50. The van der Waals surface area contributed by atoms with Gasteiger partial charge >= 0.3 is 0 Å². The van der Waals surface area contributed by atoms with Crippen molar-refractivity contribution in [3.8, 4) is 11.5 Å². The molecule has 2 aliphatic heterocycles. The first-order valence-electron chi connectivity index (χ1n) is 12.1. The zero-order valence-corrected chi connectivity index (χ0v) is 20.7. The van der Waals surface area contributed by atoms with Crippen LogP contribution in [-0.2, 0) is 12.8 Å². The lowest BCUT2D eigenvalue weighted by Crippen LogP contribution is -2.52. The Morgan fingerprint density at radius 3 is 2.47 bits per heavy atom. The molecule has 5 rings (SSSR count). The molecular weight excluding hydrogens is 454 g/mol. The number of halogens is 1. The van der Waals surface area contributed by atoms with E-state index in [-0.39, 0.29) is 5.91 Å². The summed E-state index contributed by atoms with van der Waals surface area (Å²) in [6, 6.07) is 4.17. The highest BCUT2D eigenvalue weighted by molar-refractivity contribution is 6.32. The largest absolute Gasteiger partial charge is 0.496 e. The number of carbonyl (C=O) groups is 1. The number of methoxy groups -OCH3 is 2. The molecule has 182 valence electrons. The van der Waals surface area contributed by atoms with Crippen LogP contribution in [0.3, 0.4) is 0 Å². The highest BCUT2D eigenvalue weighted by Gasteiger charge is 2.30. The van der Waals surface area contributed by atoms with Crippen LogP contribution in [0.1, 0.15) is 40.9 Å². The van der Waals surface area contributed by atoms with Gasteiger partial charge in [-0.25, -0.2) is 9.97 Å². The lowest BCUT2D eigenvalue weighted by Gasteiger charge is -2.43. The average molecular weight is 486 g/mol. The second kappa shape index (κ2) is 9.96. The summed E-state index contributed by atoms with van der Waals surface area (Å²) in [6.45, 7) is 5.24. The summed E-state index contributed by atoms with van der Waals surface area (Å²) in [5, 5.41) is 0.387. The minimum absolute atomic E-state index is 0.149. The average Bonchev–Trinajstić information content (AvgIpc) is 3.05. The SMILES string of the molecule is COc1ccc(Cl)c(OC)c1C(=O)N1CCc2cnc(N3CCN(C4CCC4)CC3)nc2CC1. The van der Waals surface area contributed by atoms with Crippen LogP contribution < -0.4 is 14.4 Å². The first kappa shape index (κ1) is 23.2. The molecule has 0 spiro atoms. The van der Waals surface area contributed by atoms with Gasteiger partial charge in [0.1, 0.15) is 11.3 Å². The van der Waals surface area contributed by atoms with Gasteiger partial charge in [0.25, 0.3) is 5.91 Å². The van der Waals surface area contributed by atoms with Gasteiger partial charge in [-0.2, -0.15) is 0 Å². The lowest BCUT2D eigenvalue weighted by atomic mass is 9.91. The normalized spacial score (nSPS) is 19.3. The number of piperazine rings is 1. The van der Waals surface area contributed by atoms with Crippen molar-refractivity contribution in [3.05, 3.63) is 40.2 Å². The summed E-state index contributed by atoms with van der Waals surface area (Å²) >= 11 is 6.30. The third-order valence-corrected chi connectivity index (χ3v) is 7.69. The first-order valence-corrected chi connectivity index (χ1v) is 12.5. The number of nitrogens with zero attached hydrogens (tertiary/aromatic N) is 5. The molecule has 2 aromatic rings. The van der Waals surface area contributed by atoms with Crippen LogP contribution in [0.5, 0.6) is 11.5 Å². The van der Waals surface area contributed by atoms with Gasteiger partial charge in [-0.3, -0.25) is 9.69 Å². The molecule has 0 atom stereocenters. The standard InChI is InChI=1S/C25H32ClN5O3/c1-33-21-7-6-19(26)23(34-2)22(21)24(32)30-10-8-17-16-27-25(28-20(17)9-11-30)31-14-12-29(13-15-31)18-4-3-5-18/h6-7,16,18H,3-5,8-15H2,1-2H3. The Morgan fingerprint density at radius 1 is 1.03 bits per heavy atom. The van der Waals surface area contributed by atoms with Crippen molar-refractivity contribution in [3.63, 3.8) is 0 Å². The van der Waals surface area contributed by atoms with Gasteiger partial charge < -0.3 is 19.3 Å². The van der Waals surface area contributed by atoms with E-state index in [1.807, 2.05) is 11.1 Å². The number of benzene rings is 1. The van der Waals surface area contributed by atoms with Gasteiger partial charge in [0.05, 0.1) is 24.9 Å². The summed E-state index contributed by atoms with van der Waals surface area (Å²) in [6.07, 6.45) is 7.40. The van der Waals surface area contributed by atoms with Crippen LogP contribution in [0.4, 0.5) is 5.95 Å². The Kier molecular flexibility index (Phi) is 6.79. The minimum Gasteiger partial charge on any atom is -0.496 e. The van der Waals surface area contributed by atoms with Gasteiger partial charge in [-0.05, 0) is 37.0 Å². The van der Waals surface area contributed by atoms with Gasteiger partial charge in [0, 0.05) is 57.9 Å². The maximum atomic E-state index is 13.5. The topological polar surface area (TPSA) is 71.0 Å². The van der Waals surface area contributed by atoms with Crippen molar-refractivity contribution >= 4 is 23.5 Å². The molecule has 0 N–H and O–H groups in total. The molecule has 0 unspecified atom stereocenters. The fourth-order valence-corrected chi connectivity index (χ4v) is 5.36. The Bertz CT molecular complexity index is 1050. The van der Waals surface area contributed by atoms with Crippen molar-refractivity contribution in [2.75, 3.05) is 58.4 Å². The summed E-state index contributed by atoms with van der Waals surface area (Å²) in [7, 11) is 3.06. The fourth-order valence-electron chi connectivity index (χ4n) is 5.13. The van der Waals surface area contributed by atoms with E-state index in [1.165, 1.54) is 26.4 Å². The van der Waals surface area contributed by atoms with Crippen molar-refractivity contribution in [1.29, 1.82) is 0 Å². The Hall–Kier alpha value is -2.58. The zero-order valence-electron chi connectivity index (χ0n) is 19.9. The smallest absolute Gasteiger partial charge is 0.261 e. The second-order valence-electron chi connectivity index (χ2n) is 9.20. The number of hydrogen-bond acceptors (Lipinski definition) is 7. The molecule has 1 saturated heterocycles. The van der Waals surface area contributed by atoms with Crippen LogP contribution in [0.2, 0.25) is 5.02 Å². The van der Waals surface area contributed by atoms with Crippen LogP contribution in [0.25, 0.3) is 0 Å². The molecule has 0 radical (unpaired) electrons. The van der Waals surface area contributed by atoms with E-state index in [1.54, 1.807) is 19.2 Å². The van der Waals surface area contributed by atoms with E-state index in [0.29, 0.717) is 48.0 Å². The number of rotatable bonds is 5. The molecule has 3 heterocycles. The maximum Gasteiger partial charge on any atom is 0.261 e. The van der Waals surface area contributed by atoms with Crippen LogP contribution >= 0.6 is 11.6 Å². The monoisotopic (exact) mass is 485 g/mol. The van der Waals surface area contributed by atoms with Gasteiger partial charge in [0.15, 0.2) is 5.75 Å². The van der Waals surface area contributed by atoms with Crippen LogP contribution in [-0.4, -0.2) is 85.2 Å². The number of anilines is 1. The molecule has 1 aliphatic carbocycles. The van der Waals surface area contributed by atoms with Gasteiger partial charge in [0.2, 0.25) is 5.95 Å². The third-order valence-electron chi connectivity index (χ3n) is 7.40. The predicted octanol–water partition coefficient (Wildman–Crippen LogP) is 3.06. The quantitative estimate of drug-likeness (QED) is 0.644. The van der Waals surface area contributed by atoms with E-state index in [9.17, 15) is 4.79 Å². The predicted molar refractivity (Wildman–Crippen MR) is 131 cm³/mol. The van der Waals surface area contributed by atoms with Crippen molar-refractivity contribution in [2.24, 2.45) is 0 Å².